The van der Waals surface area contributed by atoms with E-state index < -0.39 is 0 Å². The molecule has 148 valence electrons. The standard InChI is InChI=1S/C23H34N2OS/c1-3-5-6-7-8-9-10-11-12-13-22(26)25-23-24-21(18-27-23)20-16-14-19(4-2)15-17-20/h14-18H,3-13H2,1-2H3,(H,24,25,26). The number of amides is 1. The number of hydrogen-bond donors (Lipinski definition) is 1. The molecule has 0 atom stereocenters. The third-order valence-electron chi connectivity index (χ3n) is 4.92. The molecule has 1 N–H and O–H groups in total. The number of carbonyl (C=O) groups is 1. The largest absolute Gasteiger partial charge is 0.302 e. The van der Waals surface area contributed by atoms with Crippen LogP contribution in [0.2, 0.25) is 0 Å². The molecule has 1 amide bonds. The third kappa shape index (κ3) is 8.25. The Bertz CT molecular complexity index is 663. The minimum Gasteiger partial charge on any atom is -0.302 e. The van der Waals surface area contributed by atoms with Crippen molar-refractivity contribution in [3.05, 3.63) is 35.2 Å². The van der Waals surface area contributed by atoms with Crippen LogP contribution in [0.5, 0.6) is 0 Å². The molecule has 0 saturated heterocycles. The van der Waals surface area contributed by atoms with Crippen LogP contribution >= 0.6 is 11.3 Å². The maximum absolute atomic E-state index is 12.1. The fourth-order valence-electron chi connectivity index (χ4n) is 3.15. The molecule has 0 fully saturated rings. The maximum Gasteiger partial charge on any atom is 0.226 e. The van der Waals surface area contributed by atoms with E-state index in [9.17, 15) is 4.79 Å². The van der Waals surface area contributed by atoms with Crippen molar-refractivity contribution in [3.8, 4) is 11.3 Å². The lowest BCUT2D eigenvalue weighted by Gasteiger charge is -2.03. The van der Waals surface area contributed by atoms with E-state index in [0.29, 0.717) is 11.6 Å². The molecule has 0 aliphatic heterocycles. The van der Waals surface area contributed by atoms with Gasteiger partial charge in [-0.15, -0.1) is 11.3 Å². The summed E-state index contributed by atoms with van der Waals surface area (Å²) < 4.78 is 0. The van der Waals surface area contributed by atoms with Crippen molar-refractivity contribution >= 4 is 22.4 Å². The number of anilines is 1. The molecular formula is C23H34N2OS. The molecule has 3 nitrogen and oxygen atoms in total. The van der Waals surface area contributed by atoms with E-state index in [1.165, 1.54) is 61.8 Å². The van der Waals surface area contributed by atoms with Crippen molar-refractivity contribution in [3.63, 3.8) is 0 Å². The van der Waals surface area contributed by atoms with E-state index in [2.05, 4.69) is 48.4 Å². The highest BCUT2D eigenvalue weighted by molar-refractivity contribution is 7.14. The zero-order chi connectivity index (χ0) is 19.3. The molecule has 0 bridgehead atoms. The zero-order valence-electron chi connectivity index (χ0n) is 16.9. The highest BCUT2D eigenvalue weighted by atomic mass is 32.1. The average molecular weight is 387 g/mol. The van der Waals surface area contributed by atoms with Crippen molar-refractivity contribution < 1.29 is 4.79 Å². The van der Waals surface area contributed by atoms with Gasteiger partial charge in [0.05, 0.1) is 5.69 Å². The van der Waals surface area contributed by atoms with E-state index in [4.69, 9.17) is 0 Å². The first-order valence-electron chi connectivity index (χ1n) is 10.6. The summed E-state index contributed by atoms with van der Waals surface area (Å²) in [6.07, 6.45) is 13.0. The lowest BCUT2D eigenvalue weighted by atomic mass is 10.1. The van der Waals surface area contributed by atoms with Gasteiger partial charge in [0, 0.05) is 17.4 Å². The van der Waals surface area contributed by atoms with Crippen LogP contribution in [0.15, 0.2) is 29.6 Å². The third-order valence-corrected chi connectivity index (χ3v) is 5.67. The van der Waals surface area contributed by atoms with Gasteiger partial charge in [-0.3, -0.25) is 4.79 Å². The van der Waals surface area contributed by atoms with Crippen LogP contribution in [0.25, 0.3) is 11.3 Å². The van der Waals surface area contributed by atoms with Crippen LogP contribution in [-0.4, -0.2) is 10.9 Å². The number of nitrogens with zero attached hydrogens (tertiary/aromatic N) is 1. The Morgan fingerprint density at radius 2 is 1.56 bits per heavy atom. The fraction of sp³-hybridized carbons (Fsp3) is 0.565. The van der Waals surface area contributed by atoms with E-state index in [1.54, 1.807) is 0 Å². The maximum atomic E-state index is 12.1. The quantitative estimate of drug-likeness (QED) is 0.369. The normalized spacial score (nSPS) is 10.9. The summed E-state index contributed by atoms with van der Waals surface area (Å²) in [5.74, 6) is 0.0835. The Morgan fingerprint density at radius 1 is 0.926 bits per heavy atom. The zero-order valence-corrected chi connectivity index (χ0v) is 17.7. The number of carbonyl (C=O) groups excluding carboxylic acids is 1. The van der Waals surface area contributed by atoms with Gasteiger partial charge in [-0.25, -0.2) is 4.98 Å². The number of hydrogen-bond acceptors (Lipinski definition) is 3. The minimum atomic E-state index is 0.0835. The summed E-state index contributed by atoms with van der Waals surface area (Å²) >= 11 is 1.50. The highest BCUT2D eigenvalue weighted by Gasteiger charge is 2.08. The number of aryl methyl sites for hydroxylation is 1. The lowest BCUT2D eigenvalue weighted by molar-refractivity contribution is -0.116. The average Bonchev–Trinajstić information content (AvgIpc) is 3.15. The summed E-state index contributed by atoms with van der Waals surface area (Å²) in [5, 5.41) is 5.66. The predicted octanol–water partition coefficient (Wildman–Crippen LogP) is 7.23. The molecular weight excluding hydrogens is 352 g/mol. The monoisotopic (exact) mass is 386 g/mol. The smallest absolute Gasteiger partial charge is 0.226 e. The summed E-state index contributed by atoms with van der Waals surface area (Å²) in [6, 6.07) is 8.47. The molecule has 4 heteroatoms. The fourth-order valence-corrected chi connectivity index (χ4v) is 3.89. The second-order valence-electron chi connectivity index (χ2n) is 7.21. The van der Waals surface area contributed by atoms with Crippen molar-refractivity contribution in [1.29, 1.82) is 0 Å². The Kier molecular flexibility index (Phi) is 10.1. The summed E-state index contributed by atoms with van der Waals surface area (Å²) in [5.41, 5.74) is 3.35. The van der Waals surface area contributed by atoms with Crippen molar-refractivity contribution in [2.45, 2.75) is 84.5 Å². The van der Waals surface area contributed by atoms with Gasteiger partial charge in [-0.2, -0.15) is 0 Å². The summed E-state index contributed by atoms with van der Waals surface area (Å²) in [6.45, 7) is 4.40. The van der Waals surface area contributed by atoms with Crippen LogP contribution in [0, 0.1) is 0 Å². The van der Waals surface area contributed by atoms with Gasteiger partial charge in [-0.1, -0.05) is 89.5 Å². The van der Waals surface area contributed by atoms with Crippen molar-refractivity contribution in [2.24, 2.45) is 0 Å². The van der Waals surface area contributed by atoms with Gasteiger partial charge in [0.2, 0.25) is 5.91 Å². The van der Waals surface area contributed by atoms with Crippen molar-refractivity contribution in [1.82, 2.24) is 4.98 Å². The van der Waals surface area contributed by atoms with Gasteiger partial charge in [0.15, 0.2) is 5.13 Å². The number of aromatic nitrogens is 1. The van der Waals surface area contributed by atoms with E-state index in [0.717, 1.165) is 30.5 Å². The Hall–Kier alpha value is -1.68. The van der Waals surface area contributed by atoms with Gasteiger partial charge < -0.3 is 5.32 Å². The molecule has 0 aliphatic rings. The summed E-state index contributed by atoms with van der Waals surface area (Å²) in [7, 11) is 0. The molecule has 1 heterocycles. The SMILES string of the molecule is CCCCCCCCCCCC(=O)Nc1nc(-c2ccc(CC)cc2)cs1. The van der Waals surface area contributed by atoms with E-state index in [1.807, 2.05) is 5.38 Å². The van der Waals surface area contributed by atoms with Crippen molar-refractivity contribution in [2.75, 3.05) is 5.32 Å². The van der Waals surface area contributed by atoms with Crippen LogP contribution in [0.3, 0.4) is 0 Å². The molecule has 1 aromatic carbocycles. The Labute approximate surface area is 168 Å². The topological polar surface area (TPSA) is 42.0 Å². The van der Waals surface area contributed by atoms with Gasteiger partial charge in [0.1, 0.15) is 0 Å². The van der Waals surface area contributed by atoms with Crippen LogP contribution < -0.4 is 5.32 Å². The molecule has 0 aliphatic carbocycles. The molecule has 2 aromatic rings. The van der Waals surface area contributed by atoms with E-state index in [-0.39, 0.29) is 5.91 Å². The second-order valence-corrected chi connectivity index (χ2v) is 8.07. The first-order valence-corrected chi connectivity index (χ1v) is 11.5. The molecule has 1 aromatic heterocycles. The lowest BCUT2D eigenvalue weighted by Crippen LogP contribution is -2.10. The number of rotatable bonds is 13. The first kappa shape index (κ1) is 21.6. The molecule has 0 unspecified atom stereocenters. The minimum absolute atomic E-state index is 0.0835. The first-order chi connectivity index (χ1) is 13.2. The number of thiazole rings is 1. The number of benzene rings is 1. The van der Waals surface area contributed by atoms with Crippen LogP contribution in [0.1, 0.15) is 83.6 Å². The Morgan fingerprint density at radius 3 is 2.19 bits per heavy atom. The van der Waals surface area contributed by atoms with Gasteiger partial charge in [-0.05, 0) is 18.4 Å². The van der Waals surface area contributed by atoms with Crippen LogP contribution in [0.4, 0.5) is 5.13 Å². The molecule has 0 spiro atoms. The van der Waals surface area contributed by atoms with Gasteiger partial charge >= 0.3 is 0 Å². The Balaban J connectivity index is 1.62. The highest BCUT2D eigenvalue weighted by Crippen LogP contribution is 2.25. The molecule has 0 radical (unpaired) electrons. The number of unbranched alkanes of at least 4 members (excludes halogenated alkanes) is 8. The molecule has 27 heavy (non-hydrogen) atoms. The van der Waals surface area contributed by atoms with Gasteiger partial charge in [0.25, 0.3) is 0 Å². The second kappa shape index (κ2) is 12.7. The van der Waals surface area contributed by atoms with Crippen LogP contribution in [-0.2, 0) is 11.2 Å². The number of nitrogens with one attached hydrogen (secondary N) is 1. The molecule has 2 rings (SSSR count). The molecule has 0 saturated carbocycles. The summed E-state index contributed by atoms with van der Waals surface area (Å²) in [4.78, 5) is 16.7. The van der Waals surface area contributed by atoms with E-state index >= 15 is 0 Å². The predicted molar refractivity (Wildman–Crippen MR) is 117 cm³/mol.